The van der Waals surface area contributed by atoms with Gasteiger partial charge in [-0.25, -0.2) is 0 Å². The van der Waals surface area contributed by atoms with Crippen molar-refractivity contribution >= 4 is 0 Å². The van der Waals surface area contributed by atoms with Crippen molar-refractivity contribution in [2.75, 3.05) is 7.11 Å². The van der Waals surface area contributed by atoms with E-state index >= 15 is 0 Å². The highest BCUT2D eigenvalue weighted by atomic mass is 16.5. The van der Waals surface area contributed by atoms with Gasteiger partial charge in [0.05, 0.1) is 12.1 Å². The highest BCUT2D eigenvalue weighted by Crippen LogP contribution is 2.25. The molecule has 2 atom stereocenters. The van der Waals surface area contributed by atoms with E-state index in [4.69, 9.17) is 10.6 Å². The average Bonchev–Trinajstić information content (AvgIpc) is 2.26. The first kappa shape index (κ1) is 12.7. The number of allylic oxidation sites excluding steroid dienone is 1. The van der Waals surface area contributed by atoms with Crippen LogP contribution in [0, 0.1) is 5.92 Å². The molecule has 0 fully saturated rings. The summed E-state index contributed by atoms with van der Waals surface area (Å²) < 4.78 is 5.53. The molecule has 88 valence electrons. The van der Waals surface area contributed by atoms with Crippen LogP contribution in [0.3, 0.4) is 0 Å². The molecule has 0 saturated heterocycles. The van der Waals surface area contributed by atoms with Gasteiger partial charge in [-0.15, -0.1) is 0 Å². The van der Waals surface area contributed by atoms with E-state index in [-0.39, 0.29) is 12.1 Å². The summed E-state index contributed by atoms with van der Waals surface area (Å²) in [6.07, 6.45) is 7.41. The fourth-order valence-corrected chi connectivity index (χ4v) is 2.35. The highest BCUT2D eigenvalue weighted by Gasteiger charge is 2.26. The number of hydrogen-bond donors (Lipinski definition) is 2. The summed E-state index contributed by atoms with van der Waals surface area (Å²) in [7, 11) is 1.76. The minimum atomic E-state index is 0.166. The summed E-state index contributed by atoms with van der Waals surface area (Å²) in [4.78, 5) is 0. The summed E-state index contributed by atoms with van der Waals surface area (Å²) in [6, 6.07) is 0.176. The van der Waals surface area contributed by atoms with Crippen molar-refractivity contribution in [2.45, 2.75) is 51.7 Å². The number of nitrogens with one attached hydrogen (secondary N) is 1. The lowest BCUT2D eigenvalue weighted by Gasteiger charge is -2.31. The summed E-state index contributed by atoms with van der Waals surface area (Å²) in [5.74, 6) is 6.12. The maximum absolute atomic E-state index is 5.65. The van der Waals surface area contributed by atoms with Crippen molar-refractivity contribution in [1.82, 2.24) is 5.43 Å². The molecule has 0 aromatic rings. The standard InChI is InChI=1S/C12H24N2O/c1-9(2)12(15-3)11(14-13)10-7-5-4-6-8-10/h7,9,11-12,14H,4-6,8,13H2,1-3H3. The van der Waals surface area contributed by atoms with E-state index in [9.17, 15) is 0 Å². The Hall–Kier alpha value is -0.380. The molecule has 15 heavy (non-hydrogen) atoms. The molecule has 0 saturated carbocycles. The predicted molar refractivity (Wildman–Crippen MR) is 63.3 cm³/mol. The Kier molecular flexibility index (Phi) is 5.29. The van der Waals surface area contributed by atoms with Gasteiger partial charge in [-0.2, -0.15) is 0 Å². The van der Waals surface area contributed by atoms with Gasteiger partial charge < -0.3 is 4.74 Å². The Labute approximate surface area is 93.0 Å². The molecule has 0 radical (unpaired) electrons. The zero-order chi connectivity index (χ0) is 11.3. The van der Waals surface area contributed by atoms with Gasteiger partial charge in [-0.05, 0) is 31.6 Å². The minimum absolute atomic E-state index is 0.166. The third-order valence-corrected chi connectivity index (χ3v) is 3.16. The second-order valence-corrected chi connectivity index (χ2v) is 4.61. The molecular weight excluding hydrogens is 188 g/mol. The van der Waals surface area contributed by atoms with Crippen molar-refractivity contribution in [2.24, 2.45) is 11.8 Å². The van der Waals surface area contributed by atoms with Crippen molar-refractivity contribution < 1.29 is 4.74 Å². The smallest absolute Gasteiger partial charge is 0.0798 e. The number of hydrogen-bond acceptors (Lipinski definition) is 3. The minimum Gasteiger partial charge on any atom is -0.379 e. The predicted octanol–water partition coefficient (Wildman–Crippen LogP) is 1.99. The molecule has 2 unspecified atom stereocenters. The molecule has 1 aliphatic carbocycles. The summed E-state index contributed by atoms with van der Waals surface area (Å²) in [5.41, 5.74) is 4.33. The fraction of sp³-hybridized carbons (Fsp3) is 0.833. The molecule has 3 heteroatoms. The molecule has 0 bridgehead atoms. The molecule has 3 nitrogen and oxygen atoms in total. The van der Waals surface area contributed by atoms with Crippen LogP contribution in [0.15, 0.2) is 11.6 Å². The van der Waals surface area contributed by atoms with Crippen LogP contribution in [0.2, 0.25) is 0 Å². The quantitative estimate of drug-likeness (QED) is 0.416. The molecule has 1 rings (SSSR count). The summed E-state index contributed by atoms with van der Waals surface area (Å²) >= 11 is 0. The zero-order valence-electron chi connectivity index (χ0n) is 10.1. The Balaban J connectivity index is 2.71. The first-order valence-corrected chi connectivity index (χ1v) is 5.88. The second-order valence-electron chi connectivity index (χ2n) is 4.61. The van der Waals surface area contributed by atoms with Crippen LogP contribution in [-0.4, -0.2) is 19.3 Å². The van der Waals surface area contributed by atoms with E-state index < -0.39 is 0 Å². The van der Waals surface area contributed by atoms with Crippen LogP contribution in [0.5, 0.6) is 0 Å². The molecule has 0 amide bonds. The Bertz CT molecular complexity index is 214. The van der Waals surface area contributed by atoms with Crippen molar-refractivity contribution in [1.29, 1.82) is 0 Å². The number of hydrazine groups is 1. The summed E-state index contributed by atoms with van der Waals surface area (Å²) in [5, 5.41) is 0. The van der Waals surface area contributed by atoms with Crippen molar-refractivity contribution in [3.63, 3.8) is 0 Å². The Morgan fingerprint density at radius 1 is 1.40 bits per heavy atom. The molecule has 0 aliphatic heterocycles. The molecule has 0 aromatic heterocycles. The number of ether oxygens (including phenoxy) is 1. The van der Waals surface area contributed by atoms with E-state index in [1.54, 1.807) is 7.11 Å². The molecule has 3 N–H and O–H groups in total. The number of nitrogens with two attached hydrogens (primary N) is 1. The van der Waals surface area contributed by atoms with Crippen LogP contribution in [0.25, 0.3) is 0 Å². The molecule has 0 aromatic carbocycles. The molecule has 0 spiro atoms. The maximum atomic E-state index is 5.65. The maximum Gasteiger partial charge on any atom is 0.0798 e. The van der Waals surface area contributed by atoms with E-state index in [0.29, 0.717) is 5.92 Å². The van der Waals surface area contributed by atoms with Gasteiger partial charge in [0.15, 0.2) is 0 Å². The molecule has 0 heterocycles. The van der Waals surface area contributed by atoms with Crippen LogP contribution < -0.4 is 11.3 Å². The van der Waals surface area contributed by atoms with E-state index in [1.807, 2.05) is 0 Å². The highest BCUT2D eigenvalue weighted by molar-refractivity contribution is 5.15. The topological polar surface area (TPSA) is 47.3 Å². The summed E-state index contributed by atoms with van der Waals surface area (Å²) in [6.45, 7) is 4.34. The monoisotopic (exact) mass is 212 g/mol. The van der Waals surface area contributed by atoms with Gasteiger partial charge in [0.1, 0.15) is 0 Å². The van der Waals surface area contributed by atoms with Crippen LogP contribution in [0.1, 0.15) is 39.5 Å². The average molecular weight is 212 g/mol. The van der Waals surface area contributed by atoms with Gasteiger partial charge in [-0.3, -0.25) is 11.3 Å². The van der Waals surface area contributed by atoms with E-state index in [1.165, 1.54) is 24.8 Å². The van der Waals surface area contributed by atoms with E-state index in [0.717, 1.165) is 6.42 Å². The van der Waals surface area contributed by atoms with Crippen molar-refractivity contribution in [3.05, 3.63) is 11.6 Å². The normalized spacial score (nSPS) is 21.3. The third kappa shape index (κ3) is 3.30. The van der Waals surface area contributed by atoms with Gasteiger partial charge in [0.25, 0.3) is 0 Å². The third-order valence-electron chi connectivity index (χ3n) is 3.16. The molecule has 1 aliphatic rings. The van der Waals surface area contributed by atoms with Crippen LogP contribution >= 0.6 is 0 Å². The fourth-order valence-electron chi connectivity index (χ4n) is 2.35. The number of rotatable bonds is 5. The lowest BCUT2D eigenvalue weighted by atomic mass is 9.87. The van der Waals surface area contributed by atoms with Crippen molar-refractivity contribution in [3.8, 4) is 0 Å². The van der Waals surface area contributed by atoms with Gasteiger partial charge in [0, 0.05) is 7.11 Å². The lowest BCUT2D eigenvalue weighted by molar-refractivity contribution is 0.0417. The number of methoxy groups -OCH3 is 1. The van der Waals surface area contributed by atoms with E-state index in [2.05, 4.69) is 25.3 Å². The van der Waals surface area contributed by atoms with Crippen LogP contribution in [-0.2, 0) is 4.74 Å². The SMILES string of the molecule is COC(C(C)C)C(NN)C1=CCCCC1. The first-order valence-electron chi connectivity index (χ1n) is 5.88. The van der Waals surface area contributed by atoms with Crippen LogP contribution in [0.4, 0.5) is 0 Å². The zero-order valence-corrected chi connectivity index (χ0v) is 10.1. The first-order chi connectivity index (χ1) is 7.20. The Morgan fingerprint density at radius 2 is 2.13 bits per heavy atom. The van der Waals surface area contributed by atoms with Gasteiger partial charge in [0.2, 0.25) is 0 Å². The lowest BCUT2D eigenvalue weighted by Crippen LogP contribution is -2.48. The van der Waals surface area contributed by atoms with Gasteiger partial charge >= 0.3 is 0 Å². The molecular formula is C12H24N2O. The van der Waals surface area contributed by atoms with Gasteiger partial charge in [-0.1, -0.05) is 25.5 Å². The second kappa shape index (κ2) is 6.26. The Morgan fingerprint density at radius 3 is 2.53 bits per heavy atom. The largest absolute Gasteiger partial charge is 0.379 e.